The number of amides is 1. The molecule has 3 rings (SSSR count). The third-order valence-electron chi connectivity index (χ3n) is 3.53. The lowest BCUT2D eigenvalue weighted by atomic mass is 10.0. The van der Waals surface area contributed by atoms with E-state index in [1.54, 1.807) is 0 Å². The molecule has 2 N–H and O–H groups in total. The average molecular weight is 293 g/mol. The summed E-state index contributed by atoms with van der Waals surface area (Å²) in [4.78, 5) is 11.3. The average Bonchev–Trinajstić information content (AvgIpc) is 2.57. The molecule has 0 atom stereocenters. The number of hydrogen-bond donors (Lipinski definition) is 1. The van der Waals surface area contributed by atoms with Gasteiger partial charge in [0.15, 0.2) is 0 Å². The normalized spacial score (nSPS) is 14.2. The first kappa shape index (κ1) is 10.8. The number of nitrogens with two attached hydrogens (primary N) is 1. The van der Waals surface area contributed by atoms with Crippen molar-refractivity contribution in [3.8, 4) is 0 Å². The summed E-state index contributed by atoms with van der Waals surface area (Å²) in [6.45, 7) is 3.15. The molecule has 3 nitrogen and oxygen atoms in total. The lowest BCUT2D eigenvalue weighted by Gasteiger charge is -2.17. The molecule has 0 fully saturated rings. The van der Waals surface area contributed by atoms with E-state index in [9.17, 15) is 4.79 Å². The third-order valence-corrected chi connectivity index (χ3v) is 4.53. The monoisotopic (exact) mass is 292 g/mol. The van der Waals surface area contributed by atoms with Crippen molar-refractivity contribution in [2.24, 2.45) is 5.73 Å². The summed E-state index contributed by atoms with van der Waals surface area (Å²) in [6.07, 6.45) is 2.14. The minimum absolute atomic E-state index is 0.356. The van der Waals surface area contributed by atoms with Crippen molar-refractivity contribution in [2.75, 3.05) is 0 Å². The Morgan fingerprint density at radius 3 is 2.94 bits per heavy atom. The SMILES string of the molecule is Cc1c(Br)c2cc(C(N)=O)cc3c2n1CCC3. The van der Waals surface area contributed by atoms with Crippen LogP contribution in [0.5, 0.6) is 0 Å². The van der Waals surface area contributed by atoms with E-state index in [-0.39, 0.29) is 5.91 Å². The van der Waals surface area contributed by atoms with Gasteiger partial charge in [-0.3, -0.25) is 4.79 Å². The maximum absolute atomic E-state index is 11.3. The van der Waals surface area contributed by atoms with Gasteiger partial charge in [-0.2, -0.15) is 0 Å². The van der Waals surface area contributed by atoms with Gasteiger partial charge in [0, 0.05) is 27.7 Å². The zero-order valence-electron chi connectivity index (χ0n) is 9.59. The molecule has 4 heteroatoms. The van der Waals surface area contributed by atoms with Crippen molar-refractivity contribution in [1.82, 2.24) is 4.57 Å². The van der Waals surface area contributed by atoms with Gasteiger partial charge in [0.2, 0.25) is 5.91 Å². The fourth-order valence-electron chi connectivity index (χ4n) is 2.70. The van der Waals surface area contributed by atoms with Crippen molar-refractivity contribution >= 4 is 32.7 Å². The Labute approximate surface area is 108 Å². The van der Waals surface area contributed by atoms with Crippen LogP contribution in [0.25, 0.3) is 10.9 Å². The van der Waals surface area contributed by atoms with Crippen LogP contribution in [-0.2, 0) is 13.0 Å². The number of carbonyl (C=O) groups is 1. The molecule has 0 unspecified atom stereocenters. The van der Waals surface area contributed by atoms with Crippen LogP contribution >= 0.6 is 15.9 Å². The van der Waals surface area contributed by atoms with Crippen LogP contribution in [0.1, 0.15) is 28.0 Å². The molecule has 0 aliphatic carbocycles. The summed E-state index contributed by atoms with van der Waals surface area (Å²) in [5.74, 6) is -0.356. The maximum Gasteiger partial charge on any atom is 0.248 e. The Hall–Kier alpha value is -1.29. The highest BCUT2D eigenvalue weighted by Gasteiger charge is 2.20. The van der Waals surface area contributed by atoms with Crippen LogP contribution in [0.2, 0.25) is 0 Å². The van der Waals surface area contributed by atoms with E-state index >= 15 is 0 Å². The summed E-state index contributed by atoms with van der Waals surface area (Å²) in [5, 5.41) is 1.11. The second-order valence-corrected chi connectivity index (χ2v) is 5.34. The Morgan fingerprint density at radius 2 is 2.24 bits per heavy atom. The zero-order chi connectivity index (χ0) is 12.2. The quantitative estimate of drug-likeness (QED) is 0.863. The van der Waals surface area contributed by atoms with E-state index in [0.29, 0.717) is 5.56 Å². The number of nitrogens with zero attached hydrogens (tertiary/aromatic N) is 1. The third kappa shape index (κ3) is 1.43. The molecule has 1 aliphatic rings. The van der Waals surface area contributed by atoms with E-state index in [2.05, 4.69) is 27.4 Å². The number of benzene rings is 1. The van der Waals surface area contributed by atoms with Crippen LogP contribution in [0.15, 0.2) is 16.6 Å². The van der Waals surface area contributed by atoms with Crippen LogP contribution in [0.3, 0.4) is 0 Å². The fourth-order valence-corrected chi connectivity index (χ4v) is 3.22. The largest absolute Gasteiger partial charge is 0.366 e. The van der Waals surface area contributed by atoms with Gasteiger partial charge in [0.1, 0.15) is 0 Å². The fraction of sp³-hybridized carbons (Fsp3) is 0.308. The minimum atomic E-state index is -0.356. The lowest BCUT2D eigenvalue weighted by Crippen LogP contribution is -2.13. The standard InChI is InChI=1S/C13H13BrN2O/c1-7-11(14)10-6-9(13(15)17)5-8-3-2-4-16(7)12(8)10/h5-6H,2-4H2,1H3,(H2,15,17). The van der Waals surface area contributed by atoms with Gasteiger partial charge in [-0.1, -0.05) is 0 Å². The lowest BCUT2D eigenvalue weighted by molar-refractivity contribution is 0.100. The second kappa shape index (κ2) is 3.60. The van der Waals surface area contributed by atoms with Crippen molar-refractivity contribution in [1.29, 1.82) is 0 Å². The van der Waals surface area contributed by atoms with Gasteiger partial charge in [-0.05, 0) is 53.4 Å². The molecule has 0 saturated heterocycles. The molecule has 88 valence electrons. The van der Waals surface area contributed by atoms with Gasteiger partial charge in [-0.25, -0.2) is 0 Å². The summed E-state index contributed by atoms with van der Waals surface area (Å²) in [6, 6.07) is 3.83. The molecule has 1 aromatic carbocycles. The molecule has 1 amide bonds. The smallest absolute Gasteiger partial charge is 0.248 e. The molecule has 0 bridgehead atoms. The van der Waals surface area contributed by atoms with Crippen LogP contribution in [0.4, 0.5) is 0 Å². The topological polar surface area (TPSA) is 48.0 Å². The van der Waals surface area contributed by atoms with Crippen molar-refractivity contribution in [2.45, 2.75) is 26.3 Å². The minimum Gasteiger partial charge on any atom is -0.366 e. The molecule has 0 radical (unpaired) electrons. The number of halogens is 1. The molecule has 1 aromatic heterocycles. The van der Waals surface area contributed by atoms with E-state index in [1.807, 2.05) is 12.1 Å². The Bertz CT molecular complexity index is 643. The summed E-state index contributed by atoms with van der Waals surface area (Å²) in [5.41, 5.74) is 9.70. The first-order valence-corrected chi connectivity index (χ1v) is 6.50. The van der Waals surface area contributed by atoms with Crippen LogP contribution < -0.4 is 5.73 Å². The second-order valence-electron chi connectivity index (χ2n) is 4.55. The van der Waals surface area contributed by atoms with E-state index in [4.69, 9.17) is 5.73 Å². The molecule has 0 saturated carbocycles. The first-order valence-electron chi connectivity index (χ1n) is 5.70. The molecule has 2 heterocycles. The highest BCUT2D eigenvalue weighted by Crippen LogP contribution is 2.36. The Balaban J connectivity index is 2.45. The number of aryl methyl sites for hydroxylation is 2. The number of rotatable bonds is 1. The van der Waals surface area contributed by atoms with Gasteiger partial charge in [-0.15, -0.1) is 0 Å². The molecular weight excluding hydrogens is 280 g/mol. The van der Waals surface area contributed by atoms with Gasteiger partial charge >= 0.3 is 0 Å². The predicted molar refractivity (Wildman–Crippen MR) is 71.2 cm³/mol. The number of primary amides is 1. The molecule has 1 aliphatic heterocycles. The number of aromatic nitrogens is 1. The van der Waals surface area contributed by atoms with Crippen molar-refractivity contribution < 1.29 is 4.79 Å². The number of hydrogen-bond acceptors (Lipinski definition) is 1. The zero-order valence-corrected chi connectivity index (χ0v) is 11.2. The maximum atomic E-state index is 11.3. The predicted octanol–water partition coefficient (Wildman–Crippen LogP) is 2.76. The van der Waals surface area contributed by atoms with Crippen molar-refractivity contribution in [3.05, 3.63) is 33.4 Å². The molecule has 2 aromatic rings. The summed E-state index contributed by atoms with van der Waals surface area (Å²) in [7, 11) is 0. The highest BCUT2D eigenvalue weighted by atomic mass is 79.9. The van der Waals surface area contributed by atoms with Crippen LogP contribution in [0, 0.1) is 6.92 Å². The first-order chi connectivity index (χ1) is 8.09. The number of carbonyl (C=O) groups excluding carboxylic acids is 1. The van der Waals surface area contributed by atoms with E-state index in [1.165, 1.54) is 16.8 Å². The molecular formula is C13H13BrN2O. The highest BCUT2D eigenvalue weighted by molar-refractivity contribution is 9.10. The molecule has 17 heavy (non-hydrogen) atoms. The van der Waals surface area contributed by atoms with E-state index < -0.39 is 0 Å². The van der Waals surface area contributed by atoms with Gasteiger partial charge in [0.25, 0.3) is 0 Å². The van der Waals surface area contributed by atoms with Gasteiger partial charge < -0.3 is 10.3 Å². The Morgan fingerprint density at radius 1 is 1.47 bits per heavy atom. The van der Waals surface area contributed by atoms with Crippen LogP contribution in [-0.4, -0.2) is 10.5 Å². The van der Waals surface area contributed by atoms with Gasteiger partial charge in [0.05, 0.1) is 5.52 Å². The Kier molecular flexibility index (Phi) is 2.30. The molecule has 0 spiro atoms. The van der Waals surface area contributed by atoms with Crippen molar-refractivity contribution in [3.63, 3.8) is 0 Å². The van der Waals surface area contributed by atoms with E-state index in [0.717, 1.165) is 29.2 Å². The summed E-state index contributed by atoms with van der Waals surface area (Å²) >= 11 is 3.61. The summed E-state index contributed by atoms with van der Waals surface area (Å²) < 4.78 is 3.40.